The molecule has 0 saturated carbocycles. The van der Waals surface area contributed by atoms with Crippen LogP contribution in [0.15, 0.2) is 30.6 Å². The zero-order valence-electron chi connectivity index (χ0n) is 12.2. The molecule has 0 amide bonds. The standard InChI is InChI=1S/C16H20N4O/c1-2-8-21-16-9-15(18-11-19-16)20-7-6-13-12(10-20)4-3-5-14(13)17/h3-5,9,11H,2,6-8,10,17H2,1H3. The van der Waals surface area contributed by atoms with Gasteiger partial charge in [-0.1, -0.05) is 19.1 Å². The molecule has 0 aliphatic carbocycles. The Morgan fingerprint density at radius 3 is 3.10 bits per heavy atom. The van der Waals surface area contributed by atoms with E-state index in [4.69, 9.17) is 10.5 Å². The Morgan fingerprint density at radius 2 is 2.24 bits per heavy atom. The maximum absolute atomic E-state index is 6.04. The molecule has 1 aromatic heterocycles. The third-order valence-corrected chi connectivity index (χ3v) is 3.71. The lowest BCUT2D eigenvalue weighted by Crippen LogP contribution is -2.31. The highest BCUT2D eigenvalue weighted by Crippen LogP contribution is 2.27. The summed E-state index contributed by atoms with van der Waals surface area (Å²) < 4.78 is 5.58. The molecule has 5 heteroatoms. The van der Waals surface area contributed by atoms with E-state index in [2.05, 4.69) is 27.9 Å². The van der Waals surface area contributed by atoms with E-state index in [-0.39, 0.29) is 0 Å². The summed E-state index contributed by atoms with van der Waals surface area (Å²) in [6.07, 6.45) is 3.47. The van der Waals surface area contributed by atoms with Gasteiger partial charge in [-0.25, -0.2) is 9.97 Å². The molecule has 1 aliphatic rings. The van der Waals surface area contributed by atoms with E-state index in [1.165, 1.54) is 11.1 Å². The monoisotopic (exact) mass is 284 g/mol. The number of anilines is 2. The zero-order valence-corrected chi connectivity index (χ0v) is 12.2. The summed E-state index contributed by atoms with van der Waals surface area (Å²) in [5.74, 6) is 1.55. The first-order valence-corrected chi connectivity index (χ1v) is 7.34. The van der Waals surface area contributed by atoms with Gasteiger partial charge in [0, 0.05) is 24.8 Å². The predicted molar refractivity (Wildman–Crippen MR) is 83.4 cm³/mol. The number of benzene rings is 1. The minimum atomic E-state index is 0.639. The first-order valence-electron chi connectivity index (χ1n) is 7.34. The quantitative estimate of drug-likeness (QED) is 0.873. The summed E-state index contributed by atoms with van der Waals surface area (Å²) in [5, 5.41) is 0. The predicted octanol–water partition coefficient (Wildman–Crippen LogP) is 2.41. The molecule has 3 rings (SSSR count). The number of nitrogen functional groups attached to an aromatic ring is 1. The van der Waals surface area contributed by atoms with Gasteiger partial charge in [0.1, 0.15) is 12.1 Å². The molecular formula is C16H20N4O. The maximum Gasteiger partial charge on any atom is 0.218 e. The lowest BCUT2D eigenvalue weighted by atomic mass is 9.98. The minimum Gasteiger partial charge on any atom is -0.478 e. The second-order valence-electron chi connectivity index (χ2n) is 5.22. The van der Waals surface area contributed by atoms with E-state index in [9.17, 15) is 0 Å². The number of fused-ring (bicyclic) bond motifs is 1. The number of nitrogens with zero attached hydrogens (tertiary/aromatic N) is 3. The molecule has 0 bridgehead atoms. The van der Waals surface area contributed by atoms with Gasteiger partial charge in [0.25, 0.3) is 0 Å². The van der Waals surface area contributed by atoms with Gasteiger partial charge in [-0.15, -0.1) is 0 Å². The summed E-state index contributed by atoms with van der Waals surface area (Å²) >= 11 is 0. The van der Waals surface area contributed by atoms with Crippen LogP contribution in [0.2, 0.25) is 0 Å². The van der Waals surface area contributed by atoms with Crippen LogP contribution >= 0.6 is 0 Å². The molecule has 110 valence electrons. The van der Waals surface area contributed by atoms with Gasteiger partial charge in [-0.05, 0) is 30.0 Å². The molecule has 2 aromatic rings. The van der Waals surface area contributed by atoms with Crippen LogP contribution < -0.4 is 15.4 Å². The van der Waals surface area contributed by atoms with E-state index in [1.54, 1.807) is 6.33 Å². The van der Waals surface area contributed by atoms with E-state index in [0.717, 1.165) is 37.4 Å². The number of ether oxygens (including phenoxy) is 1. The summed E-state index contributed by atoms with van der Waals surface area (Å²) in [4.78, 5) is 10.8. The van der Waals surface area contributed by atoms with Gasteiger partial charge >= 0.3 is 0 Å². The molecule has 1 aliphatic heterocycles. The van der Waals surface area contributed by atoms with Gasteiger partial charge in [-0.3, -0.25) is 0 Å². The molecule has 0 radical (unpaired) electrons. The normalized spacial score (nSPS) is 13.9. The highest BCUT2D eigenvalue weighted by atomic mass is 16.5. The van der Waals surface area contributed by atoms with Crippen molar-refractivity contribution in [1.82, 2.24) is 9.97 Å². The summed E-state index contributed by atoms with van der Waals surface area (Å²) in [6.45, 7) is 4.49. The zero-order chi connectivity index (χ0) is 14.7. The Balaban J connectivity index is 1.79. The van der Waals surface area contributed by atoms with Crippen molar-refractivity contribution in [3.05, 3.63) is 41.7 Å². The van der Waals surface area contributed by atoms with Gasteiger partial charge in [0.15, 0.2) is 0 Å². The van der Waals surface area contributed by atoms with Crippen molar-refractivity contribution >= 4 is 11.5 Å². The lowest BCUT2D eigenvalue weighted by Gasteiger charge is -2.30. The summed E-state index contributed by atoms with van der Waals surface area (Å²) in [7, 11) is 0. The molecule has 5 nitrogen and oxygen atoms in total. The smallest absolute Gasteiger partial charge is 0.218 e. The molecule has 0 unspecified atom stereocenters. The fourth-order valence-electron chi connectivity index (χ4n) is 2.62. The average Bonchev–Trinajstić information content (AvgIpc) is 2.53. The Labute approximate surface area is 124 Å². The fraction of sp³-hybridized carbons (Fsp3) is 0.375. The van der Waals surface area contributed by atoms with Gasteiger partial charge < -0.3 is 15.4 Å². The van der Waals surface area contributed by atoms with Crippen LogP contribution in [0.4, 0.5) is 11.5 Å². The Morgan fingerprint density at radius 1 is 1.33 bits per heavy atom. The Bertz CT molecular complexity index is 629. The van der Waals surface area contributed by atoms with E-state index < -0.39 is 0 Å². The topological polar surface area (TPSA) is 64.3 Å². The molecule has 0 atom stereocenters. The van der Waals surface area contributed by atoms with Crippen molar-refractivity contribution in [2.45, 2.75) is 26.3 Å². The second kappa shape index (κ2) is 5.99. The number of nitrogens with two attached hydrogens (primary N) is 1. The maximum atomic E-state index is 6.04. The van der Waals surface area contributed by atoms with Crippen LogP contribution in [0, 0.1) is 0 Å². The van der Waals surface area contributed by atoms with Crippen LogP contribution in [0.25, 0.3) is 0 Å². The minimum absolute atomic E-state index is 0.639. The van der Waals surface area contributed by atoms with E-state index in [0.29, 0.717) is 12.5 Å². The molecular weight excluding hydrogens is 264 g/mol. The number of rotatable bonds is 4. The van der Waals surface area contributed by atoms with E-state index >= 15 is 0 Å². The summed E-state index contributed by atoms with van der Waals surface area (Å²) in [5.41, 5.74) is 9.47. The van der Waals surface area contributed by atoms with E-state index in [1.807, 2.05) is 18.2 Å². The average molecular weight is 284 g/mol. The van der Waals surface area contributed by atoms with Crippen molar-refractivity contribution in [1.29, 1.82) is 0 Å². The number of hydrogen-bond acceptors (Lipinski definition) is 5. The first-order chi connectivity index (χ1) is 10.3. The van der Waals surface area contributed by atoms with Crippen LogP contribution in [0.1, 0.15) is 24.5 Å². The molecule has 0 spiro atoms. The Hall–Kier alpha value is -2.30. The third-order valence-electron chi connectivity index (χ3n) is 3.71. The SMILES string of the molecule is CCCOc1cc(N2CCc3c(N)cccc3C2)ncn1. The van der Waals surface area contributed by atoms with Gasteiger partial charge in [0.2, 0.25) is 5.88 Å². The van der Waals surface area contributed by atoms with Gasteiger partial charge in [-0.2, -0.15) is 0 Å². The first kappa shape index (κ1) is 13.7. The highest BCUT2D eigenvalue weighted by molar-refractivity contribution is 5.55. The van der Waals surface area contributed by atoms with Gasteiger partial charge in [0.05, 0.1) is 6.61 Å². The molecule has 2 N–H and O–H groups in total. The summed E-state index contributed by atoms with van der Waals surface area (Å²) in [6, 6.07) is 8.02. The van der Waals surface area contributed by atoms with Crippen LogP contribution in [0.5, 0.6) is 5.88 Å². The molecule has 21 heavy (non-hydrogen) atoms. The van der Waals surface area contributed by atoms with Crippen LogP contribution in [-0.4, -0.2) is 23.1 Å². The third kappa shape index (κ3) is 2.91. The highest BCUT2D eigenvalue weighted by Gasteiger charge is 2.19. The lowest BCUT2D eigenvalue weighted by molar-refractivity contribution is 0.304. The molecule has 2 heterocycles. The van der Waals surface area contributed by atoms with Crippen molar-refractivity contribution in [3.63, 3.8) is 0 Å². The molecule has 1 aromatic carbocycles. The van der Waals surface area contributed by atoms with Crippen LogP contribution in [0.3, 0.4) is 0 Å². The fourth-order valence-corrected chi connectivity index (χ4v) is 2.62. The van der Waals surface area contributed by atoms with Crippen molar-refractivity contribution in [2.75, 3.05) is 23.8 Å². The van der Waals surface area contributed by atoms with Crippen molar-refractivity contribution in [2.24, 2.45) is 0 Å². The molecule has 0 fully saturated rings. The largest absolute Gasteiger partial charge is 0.478 e. The molecule has 0 saturated heterocycles. The second-order valence-corrected chi connectivity index (χ2v) is 5.22. The number of aromatic nitrogens is 2. The van der Waals surface area contributed by atoms with Crippen molar-refractivity contribution in [3.8, 4) is 5.88 Å². The Kier molecular flexibility index (Phi) is 3.90. The van der Waals surface area contributed by atoms with Crippen LogP contribution in [-0.2, 0) is 13.0 Å². The number of hydrogen-bond donors (Lipinski definition) is 1. The van der Waals surface area contributed by atoms with Crippen molar-refractivity contribution < 1.29 is 4.74 Å².